The summed E-state index contributed by atoms with van der Waals surface area (Å²) < 4.78 is 0. The third-order valence-corrected chi connectivity index (χ3v) is 4.03. The number of aliphatic carboxylic acids is 4. The molecule has 178 valence electrons. The molecule has 31 heavy (non-hydrogen) atoms. The van der Waals surface area contributed by atoms with Crippen LogP contribution in [0.3, 0.4) is 0 Å². The van der Waals surface area contributed by atoms with E-state index in [-0.39, 0.29) is 56.9 Å². The quantitative estimate of drug-likeness (QED) is 0.219. The van der Waals surface area contributed by atoms with Crippen LogP contribution in [0, 0.1) is 5.41 Å². The van der Waals surface area contributed by atoms with Gasteiger partial charge in [-0.05, 0) is 5.41 Å². The summed E-state index contributed by atoms with van der Waals surface area (Å²) >= 11 is 0. The Morgan fingerprint density at radius 2 is 0.839 bits per heavy atom. The first kappa shape index (κ1) is 28.4. The van der Waals surface area contributed by atoms with E-state index in [1.165, 1.54) is 9.80 Å². The molecular weight excluding hydrogens is 414 g/mol. The van der Waals surface area contributed by atoms with Crippen molar-refractivity contribution in [2.75, 3.05) is 58.9 Å². The van der Waals surface area contributed by atoms with Crippen molar-refractivity contribution in [1.29, 1.82) is 0 Å². The zero-order valence-electron chi connectivity index (χ0n) is 18.2. The summed E-state index contributed by atoms with van der Waals surface area (Å²) in [7, 11) is 0. The van der Waals surface area contributed by atoms with Gasteiger partial charge in [0.1, 0.15) is 5.78 Å². The molecule has 0 aliphatic heterocycles. The van der Waals surface area contributed by atoms with Crippen LogP contribution in [0.4, 0.5) is 0 Å². The average Bonchev–Trinajstić information content (AvgIpc) is 2.53. The molecule has 0 unspecified atom stereocenters. The summed E-state index contributed by atoms with van der Waals surface area (Å²) in [5.41, 5.74) is -0.251. The predicted octanol–water partition coefficient (Wildman–Crippen LogP) is -0.764. The fraction of sp³-hybridized carbons (Fsp3) is 0.737. The molecular formula is C19H33N3O9. The van der Waals surface area contributed by atoms with Gasteiger partial charge in [0.15, 0.2) is 0 Å². The number of carboxylic acid groups (broad SMARTS) is 4. The van der Waals surface area contributed by atoms with Gasteiger partial charge in [0, 0.05) is 32.6 Å². The standard InChI is InChI=1S/C19H33N3O9/c1-19(2,3)8-14(23)9-21(11-16(26)27)6-4-20(10-15(24)25)5-7-22(12-17(28)29)13-18(30)31/h4-13H2,1-3H3,(H,24,25)(H,26,27)(H,28,29)(H,30,31). The topological polar surface area (TPSA) is 176 Å². The maximum Gasteiger partial charge on any atom is 0.317 e. The molecule has 0 amide bonds. The Kier molecular flexibility index (Phi) is 12.5. The van der Waals surface area contributed by atoms with Gasteiger partial charge in [0.2, 0.25) is 0 Å². The lowest BCUT2D eigenvalue weighted by Crippen LogP contribution is -2.45. The van der Waals surface area contributed by atoms with Gasteiger partial charge in [-0.1, -0.05) is 20.8 Å². The minimum atomic E-state index is -1.21. The van der Waals surface area contributed by atoms with Gasteiger partial charge in [-0.2, -0.15) is 0 Å². The molecule has 0 radical (unpaired) electrons. The van der Waals surface area contributed by atoms with E-state index in [1.807, 2.05) is 20.8 Å². The molecule has 0 spiro atoms. The molecule has 0 bridgehead atoms. The van der Waals surface area contributed by atoms with Crippen LogP contribution < -0.4 is 0 Å². The summed E-state index contributed by atoms with van der Waals surface area (Å²) in [6, 6.07) is 0. The summed E-state index contributed by atoms with van der Waals surface area (Å²) in [5, 5.41) is 36.0. The highest BCUT2D eigenvalue weighted by atomic mass is 16.4. The van der Waals surface area contributed by atoms with Crippen molar-refractivity contribution in [3.05, 3.63) is 0 Å². The lowest BCUT2D eigenvalue weighted by molar-refractivity contribution is -0.143. The number of hydrogen-bond donors (Lipinski definition) is 4. The normalized spacial score (nSPS) is 11.8. The Morgan fingerprint density at radius 1 is 0.548 bits per heavy atom. The number of ketones is 1. The van der Waals surface area contributed by atoms with Crippen LogP contribution in [-0.2, 0) is 24.0 Å². The molecule has 0 heterocycles. The monoisotopic (exact) mass is 447 g/mol. The lowest BCUT2D eigenvalue weighted by Gasteiger charge is -2.28. The molecule has 0 aromatic rings. The maximum absolute atomic E-state index is 12.2. The Hall–Kier alpha value is -2.57. The van der Waals surface area contributed by atoms with Crippen LogP contribution in [0.5, 0.6) is 0 Å². The van der Waals surface area contributed by atoms with E-state index in [2.05, 4.69) is 0 Å². The van der Waals surface area contributed by atoms with Crippen molar-refractivity contribution in [1.82, 2.24) is 14.7 Å². The molecule has 0 fully saturated rings. The zero-order chi connectivity index (χ0) is 24.2. The highest BCUT2D eigenvalue weighted by Gasteiger charge is 2.21. The van der Waals surface area contributed by atoms with Gasteiger partial charge in [-0.15, -0.1) is 0 Å². The number of nitrogens with zero attached hydrogens (tertiary/aromatic N) is 3. The Labute approximate surface area is 181 Å². The number of rotatable bonds is 17. The van der Waals surface area contributed by atoms with E-state index in [0.29, 0.717) is 0 Å². The molecule has 0 aromatic carbocycles. The number of Topliss-reactive ketones (excluding diaryl/α,β-unsaturated/α-hetero) is 1. The van der Waals surface area contributed by atoms with Crippen molar-refractivity contribution in [3.63, 3.8) is 0 Å². The highest BCUT2D eigenvalue weighted by Crippen LogP contribution is 2.18. The largest absolute Gasteiger partial charge is 0.480 e. The third-order valence-electron chi connectivity index (χ3n) is 4.03. The molecule has 12 heteroatoms. The summed E-state index contributed by atoms with van der Waals surface area (Å²) in [4.78, 5) is 60.3. The first-order chi connectivity index (χ1) is 14.2. The molecule has 0 saturated carbocycles. The van der Waals surface area contributed by atoms with E-state index in [9.17, 15) is 24.0 Å². The van der Waals surface area contributed by atoms with Gasteiger partial charge in [0.05, 0.1) is 32.7 Å². The number of carboxylic acids is 4. The highest BCUT2D eigenvalue weighted by molar-refractivity contribution is 5.81. The molecule has 0 atom stereocenters. The first-order valence-electron chi connectivity index (χ1n) is 9.74. The van der Waals surface area contributed by atoms with Gasteiger partial charge < -0.3 is 20.4 Å². The van der Waals surface area contributed by atoms with E-state index in [4.69, 9.17) is 20.4 Å². The second-order valence-electron chi connectivity index (χ2n) is 8.55. The van der Waals surface area contributed by atoms with Crippen molar-refractivity contribution >= 4 is 29.7 Å². The molecule has 4 N–H and O–H groups in total. The molecule has 12 nitrogen and oxygen atoms in total. The van der Waals surface area contributed by atoms with Crippen LogP contribution in [-0.4, -0.2) is 124 Å². The van der Waals surface area contributed by atoms with Crippen LogP contribution in [0.1, 0.15) is 27.2 Å². The van der Waals surface area contributed by atoms with Crippen LogP contribution in [0.25, 0.3) is 0 Å². The molecule has 0 aliphatic carbocycles. The Balaban J connectivity index is 5.04. The van der Waals surface area contributed by atoms with Gasteiger partial charge >= 0.3 is 23.9 Å². The van der Waals surface area contributed by atoms with Crippen molar-refractivity contribution in [3.8, 4) is 0 Å². The van der Waals surface area contributed by atoms with E-state index < -0.39 is 43.5 Å². The fourth-order valence-corrected chi connectivity index (χ4v) is 2.93. The summed E-state index contributed by atoms with van der Waals surface area (Å²) in [5.74, 6) is -4.82. The minimum Gasteiger partial charge on any atom is -0.480 e. The SMILES string of the molecule is CC(C)(C)CC(=O)CN(CCN(CCN(CC(=O)O)CC(=O)O)CC(=O)O)CC(=O)O. The van der Waals surface area contributed by atoms with Crippen LogP contribution >= 0.6 is 0 Å². The Morgan fingerprint density at radius 3 is 1.16 bits per heavy atom. The van der Waals surface area contributed by atoms with Crippen molar-refractivity contribution in [2.45, 2.75) is 27.2 Å². The summed E-state index contributed by atoms with van der Waals surface area (Å²) in [6.07, 6.45) is 0.265. The number of carbonyl (C=O) groups excluding carboxylic acids is 1. The second kappa shape index (κ2) is 13.7. The molecule has 0 saturated heterocycles. The van der Waals surface area contributed by atoms with Gasteiger partial charge in [-0.3, -0.25) is 38.7 Å². The Bertz CT molecular complexity index is 630. The minimum absolute atomic E-state index is 0.00619. The number of hydrogen-bond acceptors (Lipinski definition) is 8. The van der Waals surface area contributed by atoms with Crippen LogP contribution in [0.2, 0.25) is 0 Å². The molecule has 0 rings (SSSR count). The van der Waals surface area contributed by atoms with Crippen molar-refractivity contribution in [2.24, 2.45) is 5.41 Å². The van der Waals surface area contributed by atoms with Gasteiger partial charge in [-0.25, -0.2) is 0 Å². The van der Waals surface area contributed by atoms with E-state index in [0.717, 1.165) is 4.90 Å². The van der Waals surface area contributed by atoms with E-state index in [1.54, 1.807) is 0 Å². The second-order valence-corrected chi connectivity index (χ2v) is 8.55. The van der Waals surface area contributed by atoms with Crippen molar-refractivity contribution < 1.29 is 44.4 Å². The maximum atomic E-state index is 12.2. The predicted molar refractivity (Wildman–Crippen MR) is 109 cm³/mol. The number of carbonyl (C=O) groups is 5. The summed E-state index contributed by atoms with van der Waals surface area (Å²) in [6.45, 7) is 4.03. The molecule has 0 aliphatic rings. The first-order valence-corrected chi connectivity index (χ1v) is 9.74. The van der Waals surface area contributed by atoms with E-state index >= 15 is 0 Å². The third kappa shape index (κ3) is 16.9. The molecule has 0 aromatic heterocycles. The van der Waals surface area contributed by atoms with Crippen LogP contribution in [0.15, 0.2) is 0 Å². The van der Waals surface area contributed by atoms with Gasteiger partial charge in [0.25, 0.3) is 0 Å². The smallest absolute Gasteiger partial charge is 0.317 e. The zero-order valence-corrected chi connectivity index (χ0v) is 18.2. The average molecular weight is 447 g/mol. The lowest BCUT2D eigenvalue weighted by atomic mass is 9.90. The fourth-order valence-electron chi connectivity index (χ4n) is 2.93.